The van der Waals surface area contributed by atoms with E-state index >= 15 is 0 Å². The van der Waals surface area contributed by atoms with Gasteiger partial charge in [0.2, 0.25) is 5.91 Å². The third-order valence-electron chi connectivity index (χ3n) is 4.08. The molecular weight excluding hydrogens is 200 g/mol. The van der Waals surface area contributed by atoms with E-state index in [1.165, 1.54) is 6.42 Å². The lowest BCUT2D eigenvalue weighted by molar-refractivity contribution is -0.122. The Morgan fingerprint density at radius 2 is 2.12 bits per heavy atom. The number of carbonyl (C=O) groups is 1. The molecule has 0 aromatic rings. The summed E-state index contributed by atoms with van der Waals surface area (Å²) in [4.78, 5) is 11.7. The lowest BCUT2D eigenvalue weighted by Gasteiger charge is -2.20. The zero-order chi connectivity index (χ0) is 12.1. The van der Waals surface area contributed by atoms with E-state index in [9.17, 15) is 4.79 Å². The fourth-order valence-electron chi connectivity index (χ4n) is 2.34. The lowest BCUT2D eigenvalue weighted by atomic mass is 9.97. The molecule has 1 fully saturated rings. The van der Waals surface area contributed by atoms with Gasteiger partial charge >= 0.3 is 0 Å². The maximum absolute atomic E-state index is 11.7. The summed E-state index contributed by atoms with van der Waals surface area (Å²) in [6.45, 7) is 7.27. The van der Waals surface area contributed by atoms with Gasteiger partial charge in [-0.1, -0.05) is 20.8 Å². The summed E-state index contributed by atoms with van der Waals surface area (Å²) in [5.74, 6) is 2.01. The Kier molecular flexibility index (Phi) is 5.26. The van der Waals surface area contributed by atoms with Crippen molar-refractivity contribution in [2.75, 3.05) is 6.54 Å². The summed E-state index contributed by atoms with van der Waals surface area (Å²) in [6, 6.07) is 0.399. The van der Waals surface area contributed by atoms with E-state index in [1.807, 2.05) is 0 Å². The fourth-order valence-corrected chi connectivity index (χ4v) is 2.34. The van der Waals surface area contributed by atoms with Gasteiger partial charge in [-0.25, -0.2) is 0 Å². The predicted octanol–water partition coefficient (Wildman–Crippen LogP) is 1.91. The molecule has 0 radical (unpaired) electrons. The summed E-state index contributed by atoms with van der Waals surface area (Å²) in [7, 11) is 0. The second-order valence-electron chi connectivity index (χ2n) is 5.47. The third-order valence-corrected chi connectivity index (χ3v) is 4.08. The van der Waals surface area contributed by atoms with Crippen molar-refractivity contribution in [1.29, 1.82) is 0 Å². The Hall–Kier alpha value is -0.570. The zero-order valence-electron chi connectivity index (χ0n) is 10.8. The van der Waals surface area contributed by atoms with Crippen molar-refractivity contribution in [3.8, 4) is 0 Å². The maximum atomic E-state index is 11.7. The van der Waals surface area contributed by atoms with Crippen LogP contribution in [-0.4, -0.2) is 18.5 Å². The molecule has 0 aromatic heterocycles. The van der Waals surface area contributed by atoms with E-state index in [0.29, 0.717) is 30.8 Å². The van der Waals surface area contributed by atoms with Crippen LogP contribution in [0.25, 0.3) is 0 Å². The third kappa shape index (κ3) is 3.78. The second-order valence-corrected chi connectivity index (χ2v) is 5.47. The van der Waals surface area contributed by atoms with Gasteiger partial charge in [-0.15, -0.1) is 0 Å². The van der Waals surface area contributed by atoms with Crippen LogP contribution in [0.3, 0.4) is 0 Å². The molecule has 1 aliphatic rings. The molecule has 16 heavy (non-hydrogen) atoms. The van der Waals surface area contributed by atoms with E-state index in [0.717, 1.165) is 18.8 Å². The molecule has 1 aliphatic carbocycles. The standard InChI is InChI=1S/C13H26N2O/c1-9(8-14)4-7-13(16)15-12-6-5-10(2)11(12)3/h9-12H,4-8,14H2,1-3H3,(H,15,16). The van der Waals surface area contributed by atoms with Crippen LogP contribution >= 0.6 is 0 Å². The highest BCUT2D eigenvalue weighted by Gasteiger charge is 2.30. The van der Waals surface area contributed by atoms with Gasteiger partial charge < -0.3 is 11.1 Å². The maximum Gasteiger partial charge on any atom is 0.220 e. The Bertz CT molecular complexity index is 230. The predicted molar refractivity (Wildman–Crippen MR) is 66.9 cm³/mol. The van der Waals surface area contributed by atoms with Crippen LogP contribution < -0.4 is 11.1 Å². The van der Waals surface area contributed by atoms with Gasteiger partial charge in [0.15, 0.2) is 0 Å². The van der Waals surface area contributed by atoms with Crippen LogP contribution in [0.5, 0.6) is 0 Å². The Balaban J connectivity index is 2.24. The molecule has 1 saturated carbocycles. The Morgan fingerprint density at radius 3 is 2.62 bits per heavy atom. The molecular formula is C13H26N2O. The Morgan fingerprint density at radius 1 is 1.44 bits per heavy atom. The molecule has 0 spiro atoms. The van der Waals surface area contributed by atoms with Crippen molar-refractivity contribution in [1.82, 2.24) is 5.32 Å². The highest BCUT2D eigenvalue weighted by atomic mass is 16.1. The highest BCUT2D eigenvalue weighted by molar-refractivity contribution is 5.76. The van der Waals surface area contributed by atoms with Crippen molar-refractivity contribution in [2.45, 2.75) is 52.5 Å². The van der Waals surface area contributed by atoms with Crippen LogP contribution in [0.15, 0.2) is 0 Å². The summed E-state index contributed by atoms with van der Waals surface area (Å²) in [6.07, 6.45) is 3.90. The number of hydrogen-bond donors (Lipinski definition) is 2. The normalized spacial score (nSPS) is 31.4. The molecule has 94 valence electrons. The first kappa shape index (κ1) is 13.5. The molecule has 3 nitrogen and oxygen atoms in total. The SMILES string of the molecule is CC(CN)CCC(=O)NC1CCC(C)C1C. The number of rotatable bonds is 5. The topological polar surface area (TPSA) is 55.1 Å². The number of hydrogen-bond acceptors (Lipinski definition) is 2. The molecule has 1 rings (SSSR count). The number of carbonyl (C=O) groups excluding carboxylic acids is 1. The molecule has 3 N–H and O–H groups in total. The Labute approximate surface area is 99.2 Å². The van der Waals surface area contributed by atoms with Crippen molar-refractivity contribution in [3.63, 3.8) is 0 Å². The highest BCUT2D eigenvalue weighted by Crippen LogP contribution is 2.31. The first-order chi connectivity index (χ1) is 7.54. The minimum atomic E-state index is 0.200. The van der Waals surface area contributed by atoms with Crippen molar-refractivity contribution >= 4 is 5.91 Å². The summed E-state index contributed by atoms with van der Waals surface area (Å²) >= 11 is 0. The molecule has 0 aromatic carbocycles. The molecule has 0 saturated heterocycles. The monoisotopic (exact) mass is 226 g/mol. The van der Waals surface area contributed by atoms with Crippen molar-refractivity contribution in [2.24, 2.45) is 23.5 Å². The second kappa shape index (κ2) is 6.24. The average Bonchev–Trinajstić information content (AvgIpc) is 2.57. The summed E-state index contributed by atoms with van der Waals surface area (Å²) in [5.41, 5.74) is 5.53. The van der Waals surface area contributed by atoms with E-state index in [1.54, 1.807) is 0 Å². The average molecular weight is 226 g/mol. The van der Waals surface area contributed by atoms with E-state index < -0.39 is 0 Å². The van der Waals surface area contributed by atoms with E-state index in [2.05, 4.69) is 26.1 Å². The van der Waals surface area contributed by atoms with Crippen LogP contribution in [0.1, 0.15) is 46.5 Å². The minimum absolute atomic E-state index is 0.200. The fraction of sp³-hybridized carbons (Fsp3) is 0.923. The zero-order valence-corrected chi connectivity index (χ0v) is 10.8. The van der Waals surface area contributed by atoms with E-state index in [4.69, 9.17) is 5.73 Å². The first-order valence-corrected chi connectivity index (χ1v) is 6.54. The quantitative estimate of drug-likeness (QED) is 0.752. The van der Waals surface area contributed by atoms with E-state index in [-0.39, 0.29) is 5.91 Å². The number of amides is 1. The minimum Gasteiger partial charge on any atom is -0.353 e. The van der Waals surface area contributed by atoms with Gasteiger partial charge in [-0.05, 0) is 43.6 Å². The summed E-state index contributed by atoms with van der Waals surface area (Å²) < 4.78 is 0. The summed E-state index contributed by atoms with van der Waals surface area (Å²) in [5, 5.41) is 3.16. The van der Waals surface area contributed by atoms with Gasteiger partial charge in [0, 0.05) is 12.5 Å². The van der Waals surface area contributed by atoms with Crippen molar-refractivity contribution < 1.29 is 4.79 Å². The smallest absolute Gasteiger partial charge is 0.220 e. The van der Waals surface area contributed by atoms with Crippen LogP contribution in [0.4, 0.5) is 0 Å². The molecule has 3 heteroatoms. The lowest BCUT2D eigenvalue weighted by Crippen LogP contribution is -2.37. The van der Waals surface area contributed by atoms with Gasteiger partial charge in [0.1, 0.15) is 0 Å². The van der Waals surface area contributed by atoms with Crippen molar-refractivity contribution in [3.05, 3.63) is 0 Å². The van der Waals surface area contributed by atoms with Crippen LogP contribution in [0, 0.1) is 17.8 Å². The molecule has 0 heterocycles. The van der Waals surface area contributed by atoms with Gasteiger partial charge in [-0.2, -0.15) is 0 Å². The number of nitrogens with one attached hydrogen (secondary N) is 1. The molecule has 1 amide bonds. The molecule has 0 bridgehead atoms. The number of nitrogens with two attached hydrogens (primary N) is 1. The van der Waals surface area contributed by atoms with Crippen LogP contribution in [0.2, 0.25) is 0 Å². The van der Waals surface area contributed by atoms with Gasteiger partial charge in [0.25, 0.3) is 0 Å². The van der Waals surface area contributed by atoms with Gasteiger partial charge in [0.05, 0.1) is 0 Å². The first-order valence-electron chi connectivity index (χ1n) is 6.54. The molecule has 0 aliphatic heterocycles. The largest absolute Gasteiger partial charge is 0.353 e. The van der Waals surface area contributed by atoms with Gasteiger partial charge in [-0.3, -0.25) is 4.79 Å². The molecule has 4 atom stereocenters. The van der Waals surface area contributed by atoms with Crippen LogP contribution in [-0.2, 0) is 4.79 Å². The molecule has 4 unspecified atom stereocenters.